The molecule has 1 aromatic heterocycles. The minimum Gasteiger partial charge on any atom is -0.373 e. The van der Waals surface area contributed by atoms with Gasteiger partial charge in [0.15, 0.2) is 0 Å². The molecule has 21 heavy (non-hydrogen) atoms. The highest BCUT2D eigenvalue weighted by molar-refractivity contribution is 5.76. The number of hydrogen-bond donors (Lipinski definition) is 1. The number of hydrogen-bond acceptors (Lipinski definition) is 3. The Morgan fingerprint density at radius 2 is 2.14 bits per heavy atom. The van der Waals surface area contributed by atoms with E-state index in [-0.39, 0.29) is 11.3 Å². The normalized spacial score (nSPS) is 20.3. The van der Waals surface area contributed by atoms with Crippen LogP contribution < -0.4 is 5.32 Å². The lowest BCUT2D eigenvalue weighted by molar-refractivity contribution is -0.131. The number of nitrogens with zero attached hydrogens (tertiary/aromatic N) is 2. The van der Waals surface area contributed by atoms with Crippen molar-refractivity contribution in [2.45, 2.75) is 46.6 Å². The summed E-state index contributed by atoms with van der Waals surface area (Å²) in [6.07, 6.45) is 4.57. The van der Waals surface area contributed by atoms with Crippen LogP contribution in [0.4, 0.5) is 5.82 Å². The van der Waals surface area contributed by atoms with E-state index in [9.17, 15) is 4.79 Å². The smallest absolute Gasteiger partial charge is 0.222 e. The van der Waals surface area contributed by atoms with E-state index >= 15 is 0 Å². The van der Waals surface area contributed by atoms with Gasteiger partial charge < -0.3 is 10.2 Å². The van der Waals surface area contributed by atoms with Crippen molar-refractivity contribution in [2.24, 2.45) is 11.3 Å². The van der Waals surface area contributed by atoms with E-state index in [1.807, 2.05) is 24.1 Å². The highest BCUT2D eigenvalue weighted by atomic mass is 16.2. The van der Waals surface area contributed by atoms with Crippen LogP contribution in [0, 0.1) is 11.3 Å². The Morgan fingerprint density at radius 1 is 1.38 bits per heavy atom. The second-order valence-electron chi connectivity index (χ2n) is 7.00. The number of carbonyl (C=O) groups excluding carboxylic acids is 1. The molecule has 1 saturated heterocycles. The molecule has 0 bridgehead atoms. The number of pyridine rings is 1. The molecule has 2 heterocycles. The lowest BCUT2D eigenvalue weighted by Crippen LogP contribution is -2.30. The largest absolute Gasteiger partial charge is 0.373 e. The highest BCUT2D eigenvalue weighted by Gasteiger charge is 2.29. The fourth-order valence-corrected chi connectivity index (χ4v) is 3.00. The van der Waals surface area contributed by atoms with Crippen LogP contribution in [0.5, 0.6) is 0 Å². The monoisotopic (exact) mass is 289 g/mol. The van der Waals surface area contributed by atoms with Crippen molar-refractivity contribution in [2.75, 3.05) is 18.9 Å². The van der Waals surface area contributed by atoms with Crippen molar-refractivity contribution in [3.8, 4) is 0 Å². The van der Waals surface area contributed by atoms with Crippen molar-refractivity contribution in [1.29, 1.82) is 0 Å². The quantitative estimate of drug-likeness (QED) is 0.928. The number of rotatable bonds is 3. The van der Waals surface area contributed by atoms with Crippen LogP contribution in [0.1, 0.15) is 45.6 Å². The number of amides is 1. The van der Waals surface area contributed by atoms with Crippen LogP contribution in [0.15, 0.2) is 18.3 Å². The molecule has 1 aromatic rings. The van der Waals surface area contributed by atoms with Gasteiger partial charge >= 0.3 is 0 Å². The zero-order valence-electron chi connectivity index (χ0n) is 13.6. The summed E-state index contributed by atoms with van der Waals surface area (Å²) in [6.45, 7) is 8.38. The Labute approximate surface area is 127 Å². The molecule has 1 N–H and O–H groups in total. The lowest BCUT2D eigenvalue weighted by Gasteiger charge is -2.29. The second kappa shape index (κ2) is 6.46. The van der Waals surface area contributed by atoms with Gasteiger partial charge in [-0.05, 0) is 41.9 Å². The van der Waals surface area contributed by atoms with Gasteiger partial charge in [-0.2, -0.15) is 0 Å². The number of likely N-dealkylation sites (tertiary alicyclic amines) is 1. The predicted octanol–water partition coefficient (Wildman–Crippen LogP) is 3.30. The highest BCUT2D eigenvalue weighted by Crippen LogP contribution is 2.34. The first-order valence-electron chi connectivity index (χ1n) is 7.80. The van der Waals surface area contributed by atoms with E-state index in [0.29, 0.717) is 18.9 Å². The molecule has 0 saturated carbocycles. The van der Waals surface area contributed by atoms with Gasteiger partial charge in [0.2, 0.25) is 5.91 Å². The minimum atomic E-state index is 0.282. The van der Waals surface area contributed by atoms with Gasteiger partial charge in [0.25, 0.3) is 0 Å². The van der Waals surface area contributed by atoms with Gasteiger partial charge in [-0.3, -0.25) is 4.79 Å². The predicted molar refractivity (Wildman–Crippen MR) is 86.0 cm³/mol. The average Bonchev–Trinajstić information content (AvgIpc) is 2.62. The number of aromatic nitrogens is 1. The maximum atomic E-state index is 12.3. The van der Waals surface area contributed by atoms with Crippen molar-refractivity contribution in [3.63, 3.8) is 0 Å². The molecular formula is C17H27N3O. The van der Waals surface area contributed by atoms with Crippen LogP contribution in [0.25, 0.3) is 0 Å². The van der Waals surface area contributed by atoms with Gasteiger partial charge in [0, 0.05) is 32.8 Å². The van der Waals surface area contributed by atoms with E-state index < -0.39 is 0 Å². The summed E-state index contributed by atoms with van der Waals surface area (Å²) in [5, 5.41) is 3.04. The molecular weight excluding hydrogens is 262 g/mol. The van der Waals surface area contributed by atoms with Crippen LogP contribution in [0.2, 0.25) is 0 Å². The third-order valence-corrected chi connectivity index (χ3v) is 4.49. The first kappa shape index (κ1) is 15.8. The Bertz CT molecular complexity index is 493. The third kappa shape index (κ3) is 4.19. The first-order chi connectivity index (χ1) is 9.90. The third-order valence-electron chi connectivity index (χ3n) is 4.49. The Hall–Kier alpha value is -1.58. The standard InChI is InChI=1S/C17H27N3O/c1-17(2,3)14-5-6-16(21)20(10-8-14)12-13-7-9-19-15(11-13)18-4/h7,9,11,14H,5-6,8,10,12H2,1-4H3,(H,18,19). The van der Waals surface area contributed by atoms with Gasteiger partial charge in [0.1, 0.15) is 5.82 Å². The summed E-state index contributed by atoms with van der Waals surface area (Å²) in [4.78, 5) is 18.6. The maximum absolute atomic E-state index is 12.3. The molecule has 2 rings (SSSR count). The zero-order chi connectivity index (χ0) is 15.5. The molecule has 0 spiro atoms. The molecule has 0 aliphatic carbocycles. The van der Waals surface area contributed by atoms with Crippen LogP contribution in [-0.4, -0.2) is 29.4 Å². The zero-order valence-corrected chi connectivity index (χ0v) is 13.6. The fourth-order valence-electron chi connectivity index (χ4n) is 3.00. The fraction of sp³-hybridized carbons (Fsp3) is 0.647. The van der Waals surface area contributed by atoms with E-state index in [2.05, 4.69) is 31.1 Å². The van der Waals surface area contributed by atoms with Gasteiger partial charge in [-0.1, -0.05) is 20.8 Å². The minimum absolute atomic E-state index is 0.282. The van der Waals surface area contributed by atoms with Crippen LogP contribution in [0.3, 0.4) is 0 Å². The van der Waals surface area contributed by atoms with Crippen molar-refractivity contribution >= 4 is 11.7 Å². The Morgan fingerprint density at radius 3 is 2.81 bits per heavy atom. The van der Waals surface area contributed by atoms with Crippen LogP contribution in [-0.2, 0) is 11.3 Å². The van der Waals surface area contributed by atoms with Gasteiger partial charge in [0.05, 0.1) is 0 Å². The Balaban J connectivity index is 2.04. The molecule has 1 aliphatic rings. The van der Waals surface area contributed by atoms with Gasteiger partial charge in [-0.25, -0.2) is 4.98 Å². The van der Waals surface area contributed by atoms with E-state index in [0.717, 1.165) is 30.8 Å². The summed E-state index contributed by atoms with van der Waals surface area (Å²) < 4.78 is 0. The van der Waals surface area contributed by atoms with Crippen molar-refractivity contribution in [3.05, 3.63) is 23.9 Å². The average molecular weight is 289 g/mol. The summed E-state index contributed by atoms with van der Waals surface area (Å²) in [5.74, 6) is 1.75. The molecule has 0 aromatic carbocycles. The molecule has 1 atom stereocenters. The summed E-state index contributed by atoms with van der Waals surface area (Å²) in [7, 11) is 1.86. The number of anilines is 1. The summed E-state index contributed by atoms with van der Waals surface area (Å²) in [6, 6.07) is 4.00. The van der Waals surface area contributed by atoms with E-state index in [1.54, 1.807) is 6.20 Å². The van der Waals surface area contributed by atoms with E-state index in [4.69, 9.17) is 0 Å². The van der Waals surface area contributed by atoms with Gasteiger partial charge in [-0.15, -0.1) is 0 Å². The summed E-state index contributed by atoms with van der Waals surface area (Å²) in [5.41, 5.74) is 1.42. The molecule has 4 heteroatoms. The molecule has 116 valence electrons. The lowest BCUT2D eigenvalue weighted by atomic mass is 9.77. The number of nitrogens with one attached hydrogen (secondary N) is 1. The summed E-state index contributed by atoms with van der Waals surface area (Å²) >= 11 is 0. The van der Waals surface area contributed by atoms with Crippen molar-refractivity contribution < 1.29 is 4.79 Å². The Kier molecular flexibility index (Phi) is 4.86. The number of carbonyl (C=O) groups is 1. The molecule has 1 unspecified atom stereocenters. The van der Waals surface area contributed by atoms with E-state index in [1.165, 1.54) is 0 Å². The topological polar surface area (TPSA) is 45.2 Å². The molecule has 1 amide bonds. The molecule has 4 nitrogen and oxygen atoms in total. The second-order valence-corrected chi connectivity index (χ2v) is 7.00. The SMILES string of the molecule is CNc1cc(CN2CCC(C(C)(C)C)CCC2=O)ccn1. The van der Waals surface area contributed by atoms with Crippen molar-refractivity contribution in [1.82, 2.24) is 9.88 Å². The molecule has 1 fully saturated rings. The van der Waals surface area contributed by atoms with Crippen LogP contribution >= 0.6 is 0 Å². The molecule has 0 radical (unpaired) electrons. The first-order valence-corrected chi connectivity index (χ1v) is 7.80. The molecule has 1 aliphatic heterocycles. The maximum Gasteiger partial charge on any atom is 0.222 e.